The molecule has 106 valence electrons. The van der Waals surface area contributed by atoms with E-state index in [9.17, 15) is 8.42 Å². The van der Waals surface area contributed by atoms with Crippen LogP contribution in [-0.2, 0) is 14.4 Å². The Balaban J connectivity index is 3.99. The summed E-state index contributed by atoms with van der Waals surface area (Å²) in [5.41, 5.74) is 0. The Morgan fingerprint density at radius 1 is 1.00 bits per heavy atom. The summed E-state index contributed by atoms with van der Waals surface area (Å²) in [6, 6.07) is 0. The topological polar surface area (TPSA) is 63.6 Å². The van der Waals surface area contributed by atoms with Gasteiger partial charge in [0.05, 0.1) is 0 Å². The Labute approximate surface area is 106 Å². The minimum atomic E-state index is -4.33. The van der Waals surface area contributed by atoms with Crippen molar-refractivity contribution in [3.63, 3.8) is 0 Å². The summed E-state index contributed by atoms with van der Waals surface area (Å²) in [5.74, 6) is 0. The molecule has 0 aromatic heterocycles. The van der Waals surface area contributed by atoms with Crippen LogP contribution >= 0.6 is 6.83 Å². The summed E-state index contributed by atoms with van der Waals surface area (Å²) in [7, 11) is -4.33. The van der Waals surface area contributed by atoms with Crippen molar-refractivity contribution in [2.45, 2.75) is 45.4 Å². The van der Waals surface area contributed by atoms with E-state index in [0.29, 0.717) is 0 Å². The fourth-order valence-electron chi connectivity index (χ4n) is 1.82. The second-order valence-electron chi connectivity index (χ2n) is 5.96. The zero-order valence-electron chi connectivity index (χ0n) is 11.5. The molecule has 0 saturated carbocycles. The molecular formula is C11H27O4PS. The van der Waals surface area contributed by atoms with Crippen LogP contribution in [-0.4, -0.2) is 39.1 Å². The van der Waals surface area contributed by atoms with Gasteiger partial charge in [-0.3, -0.25) is 0 Å². The number of hydrogen-bond acceptors (Lipinski definition) is 3. The summed E-state index contributed by atoms with van der Waals surface area (Å²) in [6.07, 6.45) is 7.70. The van der Waals surface area contributed by atoms with Gasteiger partial charge in [-0.1, -0.05) is 0 Å². The molecule has 0 aliphatic rings. The minimum absolute atomic E-state index is 0.734. The van der Waals surface area contributed by atoms with E-state index in [2.05, 4.69) is 6.92 Å². The Bertz CT molecular complexity index is 316. The number of rotatable bonds is 9. The van der Waals surface area contributed by atoms with Gasteiger partial charge in [0.25, 0.3) is 0 Å². The Morgan fingerprint density at radius 3 is 1.94 bits per heavy atom. The second kappa shape index (κ2) is 6.46. The molecule has 0 unspecified atom stereocenters. The zero-order valence-corrected chi connectivity index (χ0v) is 13.2. The van der Waals surface area contributed by atoms with Crippen LogP contribution in [0, 0.1) is 0 Å². The van der Waals surface area contributed by atoms with Crippen molar-refractivity contribution in [1.29, 1.82) is 0 Å². The summed E-state index contributed by atoms with van der Waals surface area (Å²) >= 11 is 0. The monoisotopic (exact) mass is 286 g/mol. The number of unbranched alkanes of at least 4 members (excludes halogenated alkanes) is 5. The van der Waals surface area contributed by atoms with Gasteiger partial charge in [-0.25, -0.2) is 0 Å². The molecule has 0 aliphatic heterocycles. The quantitative estimate of drug-likeness (QED) is 0.400. The molecule has 0 rings (SSSR count). The van der Waals surface area contributed by atoms with Gasteiger partial charge in [0.2, 0.25) is 0 Å². The summed E-state index contributed by atoms with van der Waals surface area (Å²) in [4.78, 5) is 0. The van der Waals surface area contributed by atoms with Crippen LogP contribution in [0.2, 0.25) is 0 Å². The molecule has 0 aliphatic carbocycles. The molecular weight excluding hydrogens is 259 g/mol. The fraction of sp³-hybridized carbons (Fsp3) is 1.00. The molecule has 0 amide bonds. The van der Waals surface area contributed by atoms with Crippen molar-refractivity contribution in [2.24, 2.45) is 0 Å². The van der Waals surface area contributed by atoms with Crippen molar-refractivity contribution in [3.05, 3.63) is 0 Å². The average Bonchev–Trinajstić information content (AvgIpc) is 2.05. The van der Waals surface area contributed by atoms with Crippen molar-refractivity contribution in [2.75, 3.05) is 26.2 Å². The average molecular weight is 286 g/mol. The van der Waals surface area contributed by atoms with E-state index >= 15 is 0 Å². The normalized spacial score (nSPS) is 15.5. The van der Waals surface area contributed by atoms with Crippen LogP contribution in [0.15, 0.2) is 0 Å². The predicted octanol–water partition coefficient (Wildman–Crippen LogP) is 3.52. The van der Waals surface area contributed by atoms with Crippen molar-refractivity contribution in [1.82, 2.24) is 0 Å². The van der Waals surface area contributed by atoms with E-state index in [1.165, 1.54) is 25.7 Å². The van der Waals surface area contributed by atoms with Crippen LogP contribution in [0.5, 0.6) is 0 Å². The van der Waals surface area contributed by atoms with E-state index in [4.69, 9.17) is 8.52 Å². The van der Waals surface area contributed by atoms with Crippen LogP contribution in [0.1, 0.15) is 45.4 Å². The van der Waals surface area contributed by atoms with Crippen molar-refractivity contribution in [3.8, 4) is 0 Å². The molecule has 0 aromatic carbocycles. The first-order valence-electron chi connectivity index (χ1n) is 6.23. The summed E-state index contributed by atoms with van der Waals surface area (Å²) in [6.45, 7) is 4.94. The van der Waals surface area contributed by atoms with E-state index in [1.807, 2.05) is 20.0 Å². The SMILES string of the molecule is CCCCCCCCP(C)(C)(C)OS(=O)(=O)O. The molecule has 4 nitrogen and oxygen atoms in total. The molecule has 0 heterocycles. The second-order valence-corrected chi connectivity index (χ2v) is 13.8. The molecule has 0 radical (unpaired) electrons. The van der Waals surface area contributed by atoms with Gasteiger partial charge >= 0.3 is 106 Å². The summed E-state index contributed by atoms with van der Waals surface area (Å²) < 4.78 is 35.3. The maximum absolute atomic E-state index is 10.8. The van der Waals surface area contributed by atoms with Crippen LogP contribution in [0.3, 0.4) is 0 Å². The van der Waals surface area contributed by atoms with Gasteiger partial charge in [-0.2, -0.15) is 0 Å². The van der Waals surface area contributed by atoms with Crippen LogP contribution < -0.4 is 0 Å². The molecule has 0 spiro atoms. The number of hydrogen-bond donors (Lipinski definition) is 1. The Kier molecular flexibility index (Phi) is 6.58. The maximum atomic E-state index is 10.8. The first-order valence-corrected chi connectivity index (χ1v) is 11.3. The van der Waals surface area contributed by atoms with Crippen LogP contribution in [0.25, 0.3) is 0 Å². The van der Waals surface area contributed by atoms with Gasteiger partial charge in [-0.05, 0) is 0 Å². The van der Waals surface area contributed by atoms with Gasteiger partial charge in [0, 0.05) is 0 Å². The fourth-order valence-corrected chi connectivity index (χ4v) is 6.21. The molecule has 6 heteroatoms. The van der Waals surface area contributed by atoms with Gasteiger partial charge in [0.15, 0.2) is 0 Å². The first kappa shape index (κ1) is 17.3. The molecule has 1 N–H and O–H groups in total. The summed E-state index contributed by atoms with van der Waals surface area (Å²) in [5, 5.41) is 0. The molecule has 0 bridgehead atoms. The molecule has 17 heavy (non-hydrogen) atoms. The van der Waals surface area contributed by atoms with E-state index in [0.717, 1.165) is 19.0 Å². The van der Waals surface area contributed by atoms with E-state index in [-0.39, 0.29) is 0 Å². The van der Waals surface area contributed by atoms with Gasteiger partial charge in [-0.15, -0.1) is 0 Å². The van der Waals surface area contributed by atoms with Crippen molar-refractivity contribution < 1.29 is 16.9 Å². The Morgan fingerprint density at radius 2 is 1.47 bits per heavy atom. The molecule has 0 atom stereocenters. The predicted molar refractivity (Wildman–Crippen MR) is 75.6 cm³/mol. The van der Waals surface area contributed by atoms with E-state index < -0.39 is 17.2 Å². The third-order valence-corrected chi connectivity index (χ3v) is 7.45. The molecule has 0 aromatic rings. The third kappa shape index (κ3) is 11.1. The first-order chi connectivity index (χ1) is 7.53. The van der Waals surface area contributed by atoms with Gasteiger partial charge in [0.1, 0.15) is 0 Å². The third-order valence-electron chi connectivity index (χ3n) is 2.64. The van der Waals surface area contributed by atoms with Crippen molar-refractivity contribution >= 4 is 17.2 Å². The molecule has 0 saturated heterocycles. The van der Waals surface area contributed by atoms with E-state index in [1.54, 1.807) is 0 Å². The Hall–Kier alpha value is 0.300. The molecule has 0 fully saturated rings. The standard InChI is InChI=1S/C11H27O4PS/c1-5-6-7-8-9-10-11-16(2,3,4)15-17(12,13)14/h5-11H2,1-4H3,(H,12,13,14). The van der Waals surface area contributed by atoms with Crippen LogP contribution in [0.4, 0.5) is 0 Å². The zero-order chi connectivity index (χ0) is 13.6. The van der Waals surface area contributed by atoms with Gasteiger partial charge < -0.3 is 0 Å².